The van der Waals surface area contributed by atoms with Crippen LogP contribution in [0.5, 0.6) is 0 Å². The molecule has 0 unspecified atom stereocenters. The number of hydrogen-bond donors (Lipinski definition) is 1. The van der Waals surface area contributed by atoms with Crippen LogP contribution in [0.1, 0.15) is 16.7 Å². The summed E-state index contributed by atoms with van der Waals surface area (Å²) < 4.78 is 0. The van der Waals surface area contributed by atoms with Gasteiger partial charge in [-0.15, -0.1) is 0 Å². The fourth-order valence-corrected chi connectivity index (χ4v) is 1.55. The van der Waals surface area contributed by atoms with Crippen LogP contribution in [0.3, 0.4) is 0 Å². The highest BCUT2D eigenvalue weighted by Gasteiger charge is 2.00. The van der Waals surface area contributed by atoms with Crippen LogP contribution in [-0.4, -0.2) is 5.71 Å². The molecule has 1 rings (SSSR count). The van der Waals surface area contributed by atoms with E-state index in [1.807, 2.05) is 0 Å². The van der Waals surface area contributed by atoms with Crippen LogP contribution in [0.25, 0.3) is 0 Å². The third-order valence-corrected chi connectivity index (χ3v) is 2.54. The predicted molar refractivity (Wildman–Crippen MR) is 70.6 cm³/mol. The largest absolute Gasteiger partial charge is 0.405 e. The second-order valence-electron chi connectivity index (χ2n) is 3.67. The molecule has 0 aromatic heterocycles. The van der Waals surface area contributed by atoms with Gasteiger partial charge in [-0.3, -0.25) is 4.99 Å². The normalized spacial score (nSPS) is 12.0. The van der Waals surface area contributed by atoms with Gasteiger partial charge in [0.2, 0.25) is 0 Å². The second kappa shape index (κ2) is 5.91. The van der Waals surface area contributed by atoms with Gasteiger partial charge in [-0.1, -0.05) is 24.8 Å². The van der Waals surface area contributed by atoms with Gasteiger partial charge in [0, 0.05) is 0 Å². The van der Waals surface area contributed by atoms with Gasteiger partial charge in [0.1, 0.15) is 0 Å². The third-order valence-electron chi connectivity index (χ3n) is 2.54. The number of benzene rings is 1. The molecule has 1 aromatic carbocycles. The molecule has 0 saturated heterocycles. The first-order chi connectivity index (χ1) is 7.69. The summed E-state index contributed by atoms with van der Waals surface area (Å²) in [7, 11) is 0. The van der Waals surface area contributed by atoms with Gasteiger partial charge >= 0.3 is 0 Å². The lowest BCUT2D eigenvalue weighted by atomic mass is 10.0. The van der Waals surface area contributed by atoms with Crippen LogP contribution in [-0.2, 0) is 6.54 Å². The number of aliphatic imine (C=N–C) groups is 1. The van der Waals surface area contributed by atoms with Gasteiger partial charge in [0.25, 0.3) is 0 Å². The van der Waals surface area contributed by atoms with E-state index < -0.39 is 0 Å². The molecule has 0 heterocycles. The van der Waals surface area contributed by atoms with Crippen LogP contribution < -0.4 is 5.73 Å². The molecular formula is C14H18N2. The Labute approximate surface area is 97.2 Å². The number of nitrogens with two attached hydrogens (primary N) is 1. The van der Waals surface area contributed by atoms with E-state index >= 15 is 0 Å². The zero-order chi connectivity index (χ0) is 12.0. The van der Waals surface area contributed by atoms with Crippen molar-refractivity contribution in [2.45, 2.75) is 20.4 Å². The summed E-state index contributed by atoms with van der Waals surface area (Å²) >= 11 is 0. The maximum Gasteiger partial charge on any atom is 0.0652 e. The molecule has 0 bridgehead atoms. The average Bonchev–Trinajstić information content (AvgIpc) is 2.27. The quantitative estimate of drug-likeness (QED) is 0.769. The highest BCUT2D eigenvalue weighted by molar-refractivity contribution is 6.03. The number of rotatable bonds is 4. The van der Waals surface area contributed by atoms with Gasteiger partial charge < -0.3 is 5.73 Å². The Hall–Kier alpha value is -1.83. The molecule has 2 N–H and O–H groups in total. The van der Waals surface area contributed by atoms with Crippen molar-refractivity contribution in [3.63, 3.8) is 0 Å². The predicted octanol–water partition coefficient (Wildman–Crippen LogP) is 2.90. The first kappa shape index (κ1) is 12.2. The van der Waals surface area contributed by atoms with Gasteiger partial charge in [-0.25, -0.2) is 0 Å². The standard InChI is InChI=1S/C14H18N2/c1-4-13(8-9-15)16-10-14-11(2)6-5-7-12(14)3/h4-9H,1,10,15H2,2-3H3. The van der Waals surface area contributed by atoms with Crippen LogP contribution in [0.15, 0.2) is 48.1 Å². The zero-order valence-electron chi connectivity index (χ0n) is 9.90. The molecule has 0 atom stereocenters. The first-order valence-corrected chi connectivity index (χ1v) is 5.29. The summed E-state index contributed by atoms with van der Waals surface area (Å²) in [5.41, 5.74) is 9.94. The van der Waals surface area contributed by atoms with Crippen molar-refractivity contribution in [2.24, 2.45) is 10.7 Å². The van der Waals surface area contributed by atoms with Crippen LogP contribution >= 0.6 is 0 Å². The molecule has 0 amide bonds. The fourth-order valence-electron chi connectivity index (χ4n) is 1.55. The monoisotopic (exact) mass is 214 g/mol. The minimum absolute atomic E-state index is 0.671. The lowest BCUT2D eigenvalue weighted by molar-refractivity contribution is 1.03. The summed E-state index contributed by atoms with van der Waals surface area (Å²) in [6.45, 7) is 8.57. The Bertz CT molecular complexity index is 408. The SMILES string of the molecule is C=CC(C=CN)=NCc1c(C)cccc1C. The molecule has 0 fully saturated rings. The third kappa shape index (κ3) is 3.09. The number of aryl methyl sites for hydroxylation is 2. The van der Waals surface area contributed by atoms with Gasteiger partial charge in [-0.2, -0.15) is 0 Å². The minimum atomic E-state index is 0.671. The summed E-state index contributed by atoms with van der Waals surface area (Å²) in [5.74, 6) is 0. The Kier molecular flexibility index (Phi) is 4.52. The van der Waals surface area contributed by atoms with Crippen molar-refractivity contribution in [3.8, 4) is 0 Å². The maximum atomic E-state index is 5.32. The Morgan fingerprint density at radius 3 is 2.50 bits per heavy atom. The summed E-state index contributed by atoms with van der Waals surface area (Å²) in [6, 6.07) is 6.26. The van der Waals surface area contributed by atoms with Crippen LogP contribution in [0.4, 0.5) is 0 Å². The smallest absolute Gasteiger partial charge is 0.0652 e. The summed E-state index contributed by atoms with van der Waals surface area (Å²) in [6.07, 6.45) is 4.93. The van der Waals surface area contributed by atoms with E-state index in [0.717, 1.165) is 5.71 Å². The Morgan fingerprint density at radius 1 is 1.38 bits per heavy atom. The van der Waals surface area contributed by atoms with E-state index in [9.17, 15) is 0 Å². The topological polar surface area (TPSA) is 38.4 Å². The highest BCUT2D eigenvalue weighted by atomic mass is 14.7. The van der Waals surface area contributed by atoms with E-state index in [2.05, 4.69) is 43.6 Å². The molecular weight excluding hydrogens is 196 g/mol. The Morgan fingerprint density at radius 2 is 2.00 bits per heavy atom. The summed E-state index contributed by atoms with van der Waals surface area (Å²) in [5, 5.41) is 0. The molecule has 2 heteroatoms. The molecule has 0 aliphatic rings. The van der Waals surface area contributed by atoms with E-state index in [4.69, 9.17) is 5.73 Å². The van der Waals surface area contributed by atoms with Gasteiger partial charge in [0.05, 0.1) is 12.3 Å². The van der Waals surface area contributed by atoms with Crippen molar-refractivity contribution in [3.05, 3.63) is 59.8 Å². The lowest BCUT2D eigenvalue weighted by Gasteiger charge is -2.06. The van der Waals surface area contributed by atoms with Crippen molar-refractivity contribution in [1.82, 2.24) is 0 Å². The summed E-state index contributed by atoms with van der Waals surface area (Å²) in [4.78, 5) is 4.46. The molecule has 16 heavy (non-hydrogen) atoms. The molecule has 0 saturated carbocycles. The van der Waals surface area contributed by atoms with Crippen LogP contribution in [0, 0.1) is 13.8 Å². The van der Waals surface area contributed by atoms with Crippen LogP contribution in [0.2, 0.25) is 0 Å². The molecule has 0 aliphatic heterocycles. The zero-order valence-corrected chi connectivity index (χ0v) is 9.90. The Balaban J connectivity index is 2.92. The average molecular weight is 214 g/mol. The first-order valence-electron chi connectivity index (χ1n) is 5.29. The van der Waals surface area contributed by atoms with Crippen molar-refractivity contribution < 1.29 is 0 Å². The van der Waals surface area contributed by atoms with E-state index in [1.54, 1.807) is 12.2 Å². The molecule has 0 spiro atoms. The maximum absolute atomic E-state index is 5.32. The molecule has 2 nitrogen and oxygen atoms in total. The molecule has 0 radical (unpaired) electrons. The van der Waals surface area contributed by atoms with Crippen molar-refractivity contribution in [1.29, 1.82) is 0 Å². The van der Waals surface area contributed by atoms with Gasteiger partial charge in [0.15, 0.2) is 0 Å². The van der Waals surface area contributed by atoms with E-state index in [0.29, 0.717) is 6.54 Å². The molecule has 84 valence electrons. The second-order valence-corrected chi connectivity index (χ2v) is 3.67. The number of nitrogens with zero attached hydrogens (tertiary/aromatic N) is 1. The van der Waals surface area contributed by atoms with Crippen molar-refractivity contribution in [2.75, 3.05) is 0 Å². The van der Waals surface area contributed by atoms with Crippen molar-refractivity contribution >= 4 is 5.71 Å². The lowest BCUT2D eigenvalue weighted by Crippen LogP contribution is -1.95. The molecule has 0 aliphatic carbocycles. The number of allylic oxidation sites excluding steroid dienone is 2. The highest BCUT2D eigenvalue weighted by Crippen LogP contribution is 2.14. The van der Waals surface area contributed by atoms with E-state index in [1.165, 1.54) is 22.9 Å². The minimum Gasteiger partial charge on any atom is -0.405 e. The fraction of sp³-hybridized carbons (Fsp3) is 0.214. The number of hydrogen-bond acceptors (Lipinski definition) is 2. The van der Waals surface area contributed by atoms with Gasteiger partial charge in [-0.05, 0) is 48.9 Å². The molecule has 1 aromatic rings. The van der Waals surface area contributed by atoms with E-state index in [-0.39, 0.29) is 0 Å².